The minimum atomic E-state index is -0.707. The molecule has 1 N–H and O–H groups in total. The zero-order valence-corrected chi connectivity index (χ0v) is 20.7. The number of fused-ring (bicyclic) bond motifs is 1. The van der Waals surface area contributed by atoms with Gasteiger partial charge in [0.2, 0.25) is 11.8 Å². The van der Waals surface area contributed by atoms with Crippen LogP contribution in [-0.4, -0.2) is 38.9 Å². The Morgan fingerprint density at radius 3 is 2.68 bits per heavy atom. The number of nitrogens with zero attached hydrogens (tertiary/aromatic N) is 4. The third-order valence-corrected chi connectivity index (χ3v) is 7.29. The Hall–Kier alpha value is -4.05. The molecular weight excluding hydrogens is 496 g/mol. The van der Waals surface area contributed by atoms with Gasteiger partial charge >= 0.3 is 0 Å². The van der Waals surface area contributed by atoms with Crippen LogP contribution in [0.4, 0.5) is 14.6 Å². The van der Waals surface area contributed by atoms with Crippen molar-refractivity contribution in [3.63, 3.8) is 0 Å². The number of anilines is 1. The van der Waals surface area contributed by atoms with Crippen LogP contribution in [0.5, 0.6) is 0 Å². The molecule has 2 amide bonds. The highest BCUT2D eigenvalue weighted by molar-refractivity contribution is 8.00. The van der Waals surface area contributed by atoms with Crippen LogP contribution in [-0.2, 0) is 23.2 Å². The minimum absolute atomic E-state index is 0.000276. The number of aryl methyl sites for hydroxylation is 1. The van der Waals surface area contributed by atoms with E-state index in [0.29, 0.717) is 17.1 Å². The SMILES string of the molecule is Cn1nc(-c2ccccc2)c2c1N(CC(=O)NCc1cccnc1)C(=O)CS[C@H]2c1ccc(F)cc1F. The Balaban J connectivity index is 1.56. The van der Waals surface area contributed by atoms with Crippen LogP contribution in [0.2, 0.25) is 0 Å². The van der Waals surface area contributed by atoms with Gasteiger partial charge in [-0.05, 0) is 17.7 Å². The van der Waals surface area contributed by atoms with E-state index in [0.717, 1.165) is 17.2 Å². The van der Waals surface area contributed by atoms with Crippen molar-refractivity contribution in [1.29, 1.82) is 0 Å². The van der Waals surface area contributed by atoms with Crippen LogP contribution in [0, 0.1) is 11.6 Å². The fourth-order valence-electron chi connectivity index (χ4n) is 4.36. The van der Waals surface area contributed by atoms with Gasteiger partial charge in [-0.15, -0.1) is 11.8 Å². The molecule has 2 aromatic carbocycles. The topological polar surface area (TPSA) is 80.1 Å². The van der Waals surface area contributed by atoms with Gasteiger partial charge in [0.05, 0.1) is 16.7 Å². The number of carbonyl (C=O) groups excluding carboxylic acids is 2. The highest BCUT2D eigenvalue weighted by Crippen LogP contribution is 2.48. The summed E-state index contributed by atoms with van der Waals surface area (Å²) < 4.78 is 30.3. The smallest absolute Gasteiger partial charge is 0.240 e. The van der Waals surface area contributed by atoms with Gasteiger partial charge in [0.1, 0.15) is 24.0 Å². The molecule has 0 bridgehead atoms. The lowest BCUT2D eigenvalue weighted by molar-refractivity contribution is -0.123. The number of hydrogen-bond donors (Lipinski definition) is 1. The number of aromatic nitrogens is 3. The zero-order chi connectivity index (χ0) is 25.9. The maximum absolute atomic E-state index is 15.0. The summed E-state index contributed by atoms with van der Waals surface area (Å²) in [6.45, 7) is 0.0272. The van der Waals surface area contributed by atoms with Crippen molar-refractivity contribution in [2.24, 2.45) is 7.05 Å². The van der Waals surface area contributed by atoms with E-state index in [2.05, 4.69) is 15.4 Å². The number of amides is 2. The predicted octanol–water partition coefficient (Wildman–Crippen LogP) is 4.25. The van der Waals surface area contributed by atoms with Gasteiger partial charge < -0.3 is 5.32 Å². The monoisotopic (exact) mass is 519 g/mol. The molecule has 3 heterocycles. The highest BCUT2D eigenvalue weighted by atomic mass is 32.2. The lowest BCUT2D eigenvalue weighted by Gasteiger charge is -2.22. The standard InChI is InChI=1S/C27H23F2N5O2S/c1-33-27-24(25(32-33)18-7-3-2-4-8-18)26(20-10-9-19(28)12-21(20)29)37-16-23(36)34(27)15-22(35)31-14-17-6-5-11-30-13-17/h2-13,26H,14-16H2,1H3,(H,31,35)/t26-/m0/s1. The van der Waals surface area contributed by atoms with Gasteiger partial charge in [-0.2, -0.15) is 5.10 Å². The van der Waals surface area contributed by atoms with E-state index in [1.807, 2.05) is 36.4 Å². The zero-order valence-electron chi connectivity index (χ0n) is 19.9. The molecule has 0 fully saturated rings. The third kappa shape index (κ3) is 5.10. The molecule has 4 aromatic rings. The molecular formula is C27H23F2N5O2S. The Labute approximate surface area is 216 Å². The number of rotatable bonds is 6. The molecule has 37 heavy (non-hydrogen) atoms. The van der Waals surface area contributed by atoms with Crippen LogP contribution in [0.3, 0.4) is 0 Å². The van der Waals surface area contributed by atoms with E-state index >= 15 is 4.39 Å². The summed E-state index contributed by atoms with van der Waals surface area (Å²) >= 11 is 1.22. The Morgan fingerprint density at radius 1 is 1.14 bits per heavy atom. The van der Waals surface area contributed by atoms with Crippen LogP contribution in [0.15, 0.2) is 73.1 Å². The molecule has 0 spiro atoms. The second-order valence-electron chi connectivity index (χ2n) is 8.55. The van der Waals surface area contributed by atoms with Crippen molar-refractivity contribution in [2.75, 3.05) is 17.2 Å². The molecule has 0 saturated heterocycles. The van der Waals surface area contributed by atoms with Crippen molar-refractivity contribution in [2.45, 2.75) is 11.8 Å². The summed E-state index contributed by atoms with van der Waals surface area (Å²) in [5.41, 5.74) is 3.01. The van der Waals surface area contributed by atoms with E-state index in [4.69, 9.17) is 0 Å². The number of hydrogen-bond acceptors (Lipinski definition) is 5. The normalized spacial score (nSPS) is 15.3. The first-order valence-electron chi connectivity index (χ1n) is 11.6. The van der Waals surface area contributed by atoms with Crippen molar-refractivity contribution < 1.29 is 18.4 Å². The van der Waals surface area contributed by atoms with Crippen molar-refractivity contribution in [3.05, 3.63) is 101 Å². The largest absolute Gasteiger partial charge is 0.350 e. The fourth-order valence-corrected chi connectivity index (χ4v) is 5.58. The van der Waals surface area contributed by atoms with E-state index in [-0.39, 0.29) is 36.2 Å². The Kier molecular flexibility index (Phi) is 7.00. The van der Waals surface area contributed by atoms with Crippen LogP contribution in [0.25, 0.3) is 11.3 Å². The van der Waals surface area contributed by atoms with Gasteiger partial charge in [-0.25, -0.2) is 8.78 Å². The third-order valence-electron chi connectivity index (χ3n) is 6.05. The summed E-state index contributed by atoms with van der Waals surface area (Å²) in [5, 5.41) is 6.86. The predicted molar refractivity (Wildman–Crippen MR) is 138 cm³/mol. The molecule has 0 saturated carbocycles. The molecule has 188 valence electrons. The number of thioether (sulfide) groups is 1. The summed E-state index contributed by atoms with van der Waals surface area (Å²) in [4.78, 5) is 31.7. The molecule has 1 atom stereocenters. The van der Waals surface area contributed by atoms with E-state index in [1.165, 1.54) is 28.8 Å². The molecule has 1 aliphatic heterocycles. The second kappa shape index (κ2) is 10.5. The first-order valence-corrected chi connectivity index (χ1v) is 12.6. The maximum atomic E-state index is 15.0. The first kappa shape index (κ1) is 24.6. The number of carbonyl (C=O) groups is 2. The van der Waals surface area contributed by atoms with Crippen molar-refractivity contribution in [3.8, 4) is 11.3 Å². The average molecular weight is 520 g/mol. The van der Waals surface area contributed by atoms with Gasteiger partial charge in [-0.1, -0.05) is 42.5 Å². The maximum Gasteiger partial charge on any atom is 0.240 e. The molecule has 7 nitrogen and oxygen atoms in total. The molecule has 2 aromatic heterocycles. The summed E-state index contributed by atoms with van der Waals surface area (Å²) in [5.74, 6) is -1.66. The van der Waals surface area contributed by atoms with Crippen LogP contribution >= 0.6 is 11.8 Å². The van der Waals surface area contributed by atoms with E-state index in [9.17, 15) is 14.0 Å². The van der Waals surface area contributed by atoms with Crippen molar-refractivity contribution >= 4 is 29.4 Å². The fraction of sp³-hybridized carbons (Fsp3) is 0.185. The number of benzene rings is 2. The van der Waals surface area contributed by atoms with E-state index in [1.54, 1.807) is 30.2 Å². The number of halogens is 2. The van der Waals surface area contributed by atoms with Crippen LogP contribution in [0.1, 0.15) is 21.9 Å². The minimum Gasteiger partial charge on any atom is -0.350 e. The molecule has 5 rings (SSSR count). The molecule has 0 aliphatic carbocycles. The Bertz CT molecular complexity index is 1450. The van der Waals surface area contributed by atoms with Crippen LogP contribution < -0.4 is 10.2 Å². The highest BCUT2D eigenvalue weighted by Gasteiger charge is 2.37. The van der Waals surface area contributed by atoms with Gasteiger partial charge in [-0.3, -0.25) is 24.2 Å². The molecule has 0 unspecified atom stereocenters. The molecule has 1 aliphatic rings. The van der Waals surface area contributed by atoms with Gasteiger partial charge in [0.25, 0.3) is 0 Å². The lowest BCUT2D eigenvalue weighted by atomic mass is 9.99. The quantitative estimate of drug-likeness (QED) is 0.412. The summed E-state index contributed by atoms with van der Waals surface area (Å²) in [6, 6.07) is 16.4. The summed E-state index contributed by atoms with van der Waals surface area (Å²) in [6.07, 6.45) is 3.30. The van der Waals surface area contributed by atoms with Gasteiger partial charge in [0.15, 0.2) is 0 Å². The molecule has 10 heteroatoms. The second-order valence-corrected chi connectivity index (χ2v) is 9.64. The lowest BCUT2D eigenvalue weighted by Crippen LogP contribution is -2.42. The van der Waals surface area contributed by atoms with E-state index < -0.39 is 16.9 Å². The summed E-state index contributed by atoms with van der Waals surface area (Å²) in [7, 11) is 1.69. The van der Waals surface area contributed by atoms with Crippen molar-refractivity contribution in [1.82, 2.24) is 20.1 Å². The first-order chi connectivity index (χ1) is 17.9. The Morgan fingerprint density at radius 2 is 1.95 bits per heavy atom. The number of nitrogens with one attached hydrogen (secondary N) is 1. The molecule has 0 radical (unpaired) electrons. The number of pyridine rings is 1. The average Bonchev–Trinajstić information content (AvgIpc) is 3.17. The van der Waals surface area contributed by atoms with Gasteiger partial charge in [0, 0.05) is 48.7 Å².